The molecular formula is C20H27N5O3. The smallest absolute Gasteiger partial charge is 0.315 e. The van der Waals surface area contributed by atoms with Gasteiger partial charge in [-0.15, -0.1) is 0 Å². The van der Waals surface area contributed by atoms with Crippen LogP contribution in [0.3, 0.4) is 0 Å². The summed E-state index contributed by atoms with van der Waals surface area (Å²) in [5.41, 5.74) is 2.03. The van der Waals surface area contributed by atoms with E-state index in [4.69, 9.17) is 9.40 Å². The average molecular weight is 385 g/mol. The summed E-state index contributed by atoms with van der Waals surface area (Å²) in [7, 11) is 0. The molecule has 1 aliphatic carbocycles. The number of aliphatic hydroxyl groups is 1. The molecule has 8 heteroatoms. The Morgan fingerprint density at radius 2 is 2.18 bits per heavy atom. The Morgan fingerprint density at radius 1 is 1.32 bits per heavy atom. The lowest BCUT2D eigenvalue weighted by molar-refractivity contribution is 0.202. The normalized spacial score (nSPS) is 19.9. The Labute approximate surface area is 164 Å². The number of carbonyl (C=O) groups is 1. The van der Waals surface area contributed by atoms with Gasteiger partial charge in [0.15, 0.2) is 0 Å². The predicted molar refractivity (Wildman–Crippen MR) is 104 cm³/mol. The SMILES string of the molecule is O=C(NCc1ccco1)N[C@@H]1CCCc2nc(N3CCC(CO)CC3)ncc21. The highest BCUT2D eigenvalue weighted by atomic mass is 16.3. The third-order valence-corrected chi connectivity index (χ3v) is 5.63. The molecular weight excluding hydrogens is 358 g/mol. The van der Waals surface area contributed by atoms with Gasteiger partial charge in [-0.25, -0.2) is 14.8 Å². The van der Waals surface area contributed by atoms with E-state index < -0.39 is 0 Å². The Morgan fingerprint density at radius 3 is 2.93 bits per heavy atom. The molecule has 150 valence electrons. The lowest BCUT2D eigenvalue weighted by Crippen LogP contribution is -2.39. The van der Waals surface area contributed by atoms with E-state index in [0.717, 1.165) is 68.2 Å². The maximum atomic E-state index is 12.3. The zero-order valence-corrected chi connectivity index (χ0v) is 15.9. The summed E-state index contributed by atoms with van der Waals surface area (Å²) < 4.78 is 5.23. The molecule has 8 nitrogen and oxygen atoms in total. The van der Waals surface area contributed by atoms with Crippen molar-refractivity contribution in [2.24, 2.45) is 5.92 Å². The van der Waals surface area contributed by atoms with Crippen LogP contribution in [0.4, 0.5) is 10.7 Å². The summed E-state index contributed by atoms with van der Waals surface area (Å²) in [6, 6.07) is 3.33. The van der Waals surface area contributed by atoms with Crippen molar-refractivity contribution in [3.05, 3.63) is 41.6 Å². The quantitative estimate of drug-likeness (QED) is 0.729. The lowest BCUT2D eigenvalue weighted by atomic mass is 9.92. The van der Waals surface area contributed by atoms with Crippen LogP contribution in [0, 0.1) is 5.92 Å². The second-order valence-corrected chi connectivity index (χ2v) is 7.54. The first-order chi connectivity index (χ1) is 13.7. The van der Waals surface area contributed by atoms with Gasteiger partial charge in [-0.1, -0.05) is 0 Å². The number of urea groups is 1. The minimum absolute atomic E-state index is 0.0745. The van der Waals surface area contributed by atoms with Crippen LogP contribution in [-0.2, 0) is 13.0 Å². The molecule has 0 spiro atoms. The van der Waals surface area contributed by atoms with Gasteiger partial charge >= 0.3 is 6.03 Å². The van der Waals surface area contributed by atoms with Gasteiger partial charge in [0.25, 0.3) is 0 Å². The predicted octanol–water partition coefficient (Wildman–Crippen LogP) is 2.16. The summed E-state index contributed by atoms with van der Waals surface area (Å²) in [6.07, 6.45) is 8.17. The molecule has 1 aliphatic heterocycles. The highest BCUT2D eigenvalue weighted by Crippen LogP contribution is 2.30. The van der Waals surface area contributed by atoms with Crippen LogP contribution in [0.5, 0.6) is 0 Å². The molecule has 1 saturated heterocycles. The Bertz CT molecular complexity index is 787. The van der Waals surface area contributed by atoms with Crippen molar-refractivity contribution < 1.29 is 14.3 Å². The van der Waals surface area contributed by atoms with E-state index in [1.807, 2.05) is 12.3 Å². The number of nitrogens with one attached hydrogen (secondary N) is 2. The van der Waals surface area contributed by atoms with E-state index >= 15 is 0 Å². The first-order valence-electron chi connectivity index (χ1n) is 10.0. The number of rotatable bonds is 5. The first kappa shape index (κ1) is 18.7. The van der Waals surface area contributed by atoms with Crippen LogP contribution in [0.1, 0.15) is 48.7 Å². The molecule has 0 unspecified atom stereocenters. The molecule has 0 saturated carbocycles. The van der Waals surface area contributed by atoms with Gasteiger partial charge in [-0.3, -0.25) is 0 Å². The van der Waals surface area contributed by atoms with E-state index in [0.29, 0.717) is 12.5 Å². The number of aliphatic hydroxyl groups excluding tert-OH is 1. The van der Waals surface area contributed by atoms with Gasteiger partial charge in [-0.05, 0) is 50.2 Å². The van der Waals surface area contributed by atoms with E-state index in [1.165, 1.54) is 0 Å². The number of hydrogen-bond acceptors (Lipinski definition) is 6. The molecule has 1 atom stereocenters. The third kappa shape index (κ3) is 4.27. The number of aromatic nitrogens is 2. The molecule has 0 bridgehead atoms. The second kappa shape index (κ2) is 8.60. The number of furan rings is 1. The van der Waals surface area contributed by atoms with Gasteiger partial charge in [0, 0.05) is 31.5 Å². The number of piperidine rings is 1. The second-order valence-electron chi connectivity index (χ2n) is 7.54. The molecule has 0 aromatic carbocycles. The van der Waals surface area contributed by atoms with Gasteiger partial charge in [0.2, 0.25) is 5.95 Å². The topological polar surface area (TPSA) is 104 Å². The molecule has 0 radical (unpaired) electrons. The molecule has 3 N–H and O–H groups in total. The lowest BCUT2D eigenvalue weighted by Gasteiger charge is -2.32. The van der Waals surface area contributed by atoms with Crippen LogP contribution in [0.2, 0.25) is 0 Å². The van der Waals surface area contributed by atoms with Gasteiger partial charge < -0.3 is 25.1 Å². The first-order valence-corrected chi connectivity index (χ1v) is 10.0. The number of hydrogen-bond donors (Lipinski definition) is 3. The zero-order chi connectivity index (χ0) is 19.3. The summed E-state index contributed by atoms with van der Waals surface area (Å²) >= 11 is 0. The number of aryl methyl sites for hydroxylation is 1. The van der Waals surface area contributed by atoms with E-state index in [9.17, 15) is 9.90 Å². The van der Waals surface area contributed by atoms with Crippen LogP contribution in [0.25, 0.3) is 0 Å². The Hall–Kier alpha value is -2.61. The van der Waals surface area contributed by atoms with Crippen LogP contribution in [-0.4, -0.2) is 40.8 Å². The Balaban J connectivity index is 1.38. The number of fused-ring (bicyclic) bond motifs is 1. The molecule has 28 heavy (non-hydrogen) atoms. The van der Waals surface area contributed by atoms with Crippen molar-refractivity contribution >= 4 is 12.0 Å². The number of carbonyl (C=O) groups excluding carboxylic acids is 1. The summed E-state index contributed by atoms with van der Waals surface area (Å²) in [5, 5.41) is 15.2. The summed E-state index contributed by atoms with van der Waals surface area (Å²) in [6.45, 7) is 2.37. The third-order valence-electron chi connectivity index (χ3n) is 5.63. The summed E-state index contributed by atoms with van der Waals surface area (Å²) in [5.74, 6) is 1.87. The maximum absolute atomic E-state index is 12.3. The van der Waals surface area contributed by atoms with Crippen molar-refractivity contribution in [3.8, 4) is 0 Å². The fraction of sp³-hybridized carbons (Fsp3) is 0.550. The van der Waals surface area contributed by atoms with E-state index in [2.05, 4.69) is 20.5 Å². The molecule has 2 aromatic heterocycles. The minimum Gasteiger partial charge on any atom is -0.467 e. The fourth-order valence-corrected chi connectivity index (χ4v) is 3.94. The van der Waals surface area contributed by atoms with Crippen molar-refractivity contribution in [2.45, 2.75) is 44.7 Å². The number of anilines is 1. The number of amides is 2. The van der Waals surface area contributed by atoms with Gasteiger partial charge in [0.1, 0.15) is 5.76 Å². The van der Waals surface area contributed by atoms with Gasteiger partial charge in [-0.2, -0.15) is 0 Å². The van der Waals surface area contributed by atoms with E-state index in [1.54, 1.807) is 12.3 Å². The van der Waals surface area contributed by atoms with Crippen molar-refractivity contribution in [1.29, 1.82) is 0 Å². The largest absolute Gasteiger partial charge is 0.467 e. The summed E-state index contributed by atoms with van der Waals surface area (Å²) in [4.78, 5) is 23.8. The molecule has 2 aromatic rings. The monoisotopic (exact) mass is 385 g/mol. The van der Waals surface area contributed by atoms with Crippen LogP contribution in [0.15, 0.2) is 29.0 Å². The van der Waals surface area contributed by atoms with Gasteiger partial charge in [0.05, 0.1) is 24.5 Å². The van der Waals surface area contributed by atoms with Crippen molar-refractivity contribution in [2.75, 3.05) is 24.6 Å². The molecule has 3 heterocycles. The minimum atomic E-state index is -0.218. The highest BCUT2D eigenvalue weighted by Gasteiger charge is 2.26. The number of nitrogens with zero attached hydrogens (tertiary/aromatic N) is 3. The van der Waals surface area contributed by atoms with E-state index in [-0.39, 0.29) is 18.7 Å². The molecule has 4 rings (SSSR count). The average Bonchev–Trinajstić information content (AvgIpc) is 3.26. The van der Waals surface area contributed by atoms with Crippen LogP contribution >= 0.6 is 0 Å². The van der Waals surface area contributed by atoms with Crippen molar-refractivity contribution in [1.82, 2.24) is 20.6 Å². The molecule has 1 fully saturated rings. The van der Waals surface area contributed by atoms with Crippen molar-refractivity contribution in [3.63, 3.8) is 0 Å². The standard InChI is InChI=1S/C20H27N5O3/c26-13-14-6-8-25(9-7-14)19-21-12-16-17(23-19)4-1-5-18(16)24-20(27)22-11-15-3-2-10-28-15/h2-3,10,12,14,18,26H,1,4-9,11,13H2,(H2,22,24,27)/t18-/m1/s1. The molecule has 2 aliphatic rings. The molecule has 2 amide bonds. The fourth-order valence-electron chi connectivity index (χ4n) is 3.94. The highest BCUT2D eigenvalue weighted by molar-refractivity contribution is 5.74. The maximum Gasteiger partial charge on any atom is 0.315 e. The van der Waals surface area contributed by atoms with Crippen LogP contribution < -0.4 is 15.5 Å². The zero-order valence-electron chi connectivity index (χ0n) is 15.9. The Kier molecular flexibility index (Phi) is 5.76.